The molecule has 0 aromatic heterocycles. The van der Waals surface area contributed by atoms with Gasteiger partial charge < -0.3 is 4.74 Å². The van der Waals surface area contributed by atoms with E-state index in [1.807, 2.05) is 0 Å². The Bertz CT molecular complexity index is 156. The van der Waals surface area contributed by atoms with Gasteiger partial charge in [0.05, 0.1) is 12.7 Å². The largest absolute Gasteiger partial charge is 0.376 e. The van der Waals surface area contributed by atoms with Gasteiger partial charge in [-0.3, -0.25) is 4.90 Å². The zero-order valence-electron chi connectivity index (χ0n) is 9.47. The Hall–Kier alpha value is -0.0800. The molecule has 0 aromatic rings. The molecule has 0 spiro atoms. The lowest BCUT2D eigenvalue weighted by molar-refractivity contribution is -0.0635. The van der Waals surface area contributed by atoms with Crippen LogP contribution in [0.25, 0.3) is 0 Å². The molecule has 1 heterocycles. The van der Waals surface area contributed by atoms with Crippen LogP contribution >= 0.6 is 0 Å². The van der Waals surface area contributed by atoms with Crippen molar-refractivity contribution in [1.29, 1.82) is 0 Å². The van der Waals surface area contributed by atoms with Gasteiger partial charge in [0.1, 0.15) is 0 Å². The predicted octanol–water partition coefficient (Wildman–Crippen LogP) is 2.29. The van der Waals surface area contributed by atoms with E-state index in [0.29, 0.717) is 11.6 Å². The highest BCUT2D eigenvalue weighted by Gasteiger charge is 2.29. The smallest absolute Gasteiger partial charge is 0.0700 e. The monoisotopic (exact) mass is 185 g/mol. The molecule has 0 unspecified atom stereocenters. The van der Waals surface area contributed by atoms with Crippen molar-refractivity contribution in [2.24, 2.45) is 0 Å². The van der Waals surface area contributed by atoms with Crippen LogP contribution in [-0.2, 0) is 4.74 Å². The van der Waals surface area contributed by atoms with Crippen LogP contribution in [0.2, 0.25) is 0 Å². The lowest BCUT2D eigenvalue weighted by Gasteiger charge is -2.43. The van der Waals surface area contributed by atoms with Crippen molar-refractivity contribution in [1.82, 2.24) is 4.90 Å². The van der Waals surface area contributed by atoms with Crippen molar-refractivity contribution in [2.75, 3.05) is 19.7 Å². The number of morpholine rings is 1. The predicted molar refractivity (Wildman–Crippen MR) is 56.0 cm³/mol. The molecule has 0 aliphatic carbocycles. The van der Waals surface area contributed by atoms with Gasteiger partial charge in [-0.1, -0.05) is 13.8 Å². The van der Waals surface area contributed by atoms with Crippen molar-refractivity contribution in [3.05, 3.63) is 0 Å². The zero-order valence-corrected chi connectivity index (χ0v) is 9.47. The average Bonchev–Trinajstić information content (AvgIpc) is 2.18. The van der Waals surface area contributed by atoms with Crippen LogP contribution in [-0.4, -0.2) is 36.2 Å². The van der Waals surface area contributed by atoms with Crippen molar-refractivity contribution < 1.29 is 4.74 Å². The number of nitrogens with zero attached hydrogens (tertiary/aromatic N) is 1. The van der Waals surface area contributed by atoms with Gasteiger partial charge in [0.25, 0.3) is 0 Å². The second kappa shape index (κ2) is 4.43. The summed E-state index contributed by atoms with van der Waals surface area (Å²) in [5, 5.41) is 0. The molecule has 0 radical (unpaired) electrons. The second-order valence-corrected chi connectivity index (χ2v) is 4.51. The molecule has 0 bridgehead atoms. The standard InChI is InChI=1S/C11H23NO/c1-5-10-9-12(7-8-13-10)11(3,4)6-2/h10H,5-9H2,1-4H3/t10-/m0/s1. The van der Waals surface area contributed by atoms with E-state index in [9.17, 15) is 0 Å². The summed E-state index contributed by atoms with van der Waals surface area (Å²) in [7, 11) is 0. The van der Waals surface area contributed by atoms with Gasteiger partial charge in [0.2, 0.25) is 0 Å². The van der Waals surface area contributed by atoms with Crippen LogP contribution in [0, 0.1) is 0 Å². The van der Waals surface area contributed by atoms with E-state index in [2.05, 4.69) is 32.6 Å². The first kappa shape index (κ1) is 11.0. The summed E-state index contributed by atoms with van der Waals surface area (Å²) in [5.74, 6) is 0. The Morgan fingerprint density at radius 3 is 2.62 bits per heavy atom. The summed E-state index contributed by atoms with van der Waals surface area (Å²) in [4.78, 5) is 2.56. The minimum Gasteiger partial charge on any atom is -0.376 e. The molecule has 1 rings (SSSR count). The molecule has 2 nitrogen and oxygen atoms in total. The van der Waals surface area contributed by atoms with Crippen molar-refractivity contribution in [3.8, 4) is 0 Å². The Kier molecular flexibility index (Phi) is 3.74. The van der Waals surface area contributed by atoms with Crippen LogP contribution in [0.3, 0.4) is 0 Å². The third-order valence-electron chi connectivity index (χ3n) is 3.32. The molecule has 0 amide bonds. The first-order valence-corrected chi connectivity index (χ1v) is 5.46. The second-order valence-electron chi connectivity index (χ2n) is 4.51. The lowest BCUT2D eigenvalue weighted by atomic mass is 9.98. The average molecular weight is 185 g/mol. The fourth-order valence-corrected chi connectivity index (χ4v) is 1.74. The molecule has 78 valence electrons. The number of ether oxygens (including phenoxy) is 1. The third kappa shape index (κ3) is 2.68. The summed E-state index contributed by atoms with van der Waals surface area (Å²) in [6, 6.07) is 0. The van der Waals surface area contributed by atoms with Gasteiger partial charge in [0.15, 0.2) is 0 Å². The lowest BCUT2D eigenvalue weighted by Crippen LogP contribution is -2.52. The van der Waals surface area contributed by atoms with E-state index in [-0.39, 0.29) is 0 Å². The van der Waals surface area contributed by atoms with Gasteiger partial charge in [-0.05, 0) is 26.7 Å². The highest BCUT2D eigenvalue weighted by atomic mass is 16.5. The number of hydrogen-bond acceptors (Lipinski definition) is 2. The van der Waals surface area contributed by atoms with E-state index in [1.54, 1.807) is 0 Å². The molecule has 2 heteroatoms. The summed E-state index contributed by atoms with van der Waals surface area (Å²) < 4.78 is 5.66. The minimum absolute atomic E-state index is 0.344. The van der Waals surface area contributed by atoms with Gasteiger partial charge in [-0.15, -0.1) is 0 Å². The Labute approximate surface area is 82.3 Å². The van der Waals surface area contributed by atoms with Crippen LogP contribution in [0.1, 0.15) is 40.5 Å². The molecule has 1 fully saturated rings. The maximum Gasteiger partial charge on any atom is 0.0700 e. The number of rotatable bonds is 3. The summed E-state index contributed by atoms with van der Waals surface area (Å²) in [6.45, 7) is 12.2. The zero-order chi connectivity index (χ0) is 9.90. The summed E-state index contributed by atoms with van der Waals surface area (Å²) >= 11 is 0. The molecule has 1 aliphatic rings. The van der Waals surface area contributed by atoms with E-state index >= 15 is 0 Å². The van der Waals surface area contributed by atoms with Crippen LogP contribution in [0.5, 0.6) is 0 Å². The fourth-order valence-electron chi connectivity index (χ4n) is 1.74. The highest BCUT2D eigenvalue weighted by molar-refractivity contribution is 4.83. The van der Waals surface area contributed by atoms with E-state index in [4.69, 9.17) is 4.74 Å². The van der Waals surface area contributed by atoms with Gasteiger partial charge in [-0.25, -0.2) is 0 Å². The normalized spacial score (nSPS) is 26.3. The first-order chi connectivity index (χ1) is 6.10. The molecular formula is C11H23NO. The van der Waals surface area contributed by atoms with Gasteiger partial charge >= 0.3 is 0 Å². The van der Waals surface area contributed by atoms with Crippen molar-refractivity contribution in [3.63, 3.8) is 0 Å². The van der Waals surface area contributed by atoms with Gasteiger partial charge in [0, 0.05) is 18.6 Å². The van der Waals surface area contributed by atoms with E-state index in [0.717, 1.165) is 26.1 Å². The Morgan fingerprint density at radius 1 is 1.38 bits per heavy atom. The van der Waals surface area contributed by atoms with Crippen LogP contribution in [0.4, 0.5) is 0 Å². The first-order valence-electron chi connectivity index (χ1n) is 5.46. The van der Waals surface area contributed by atoms with Crippen LogP contribution in [0.15, 0.2) is 0 Å². The quantitative estimate of drug-likeness (QED) is 0.669. The van der Waals surface area contributed by atoms with Crippen LogP contribution < -0.4 is 0 Å². The van der Waals surface area contributed by atoms with Crippen molar-refractivity contribution in [2.45, 2.75) is 52.2 Å². The molecule has 0 N–H and O–H groups in total. The van der Waals surface area contributed by atoms with Crippen molar-refractivity contribution >= 4 is 0 Å². The SMILES string of the molecule is CC[C@H]1CN(C(C)(C)CC)CCO1. The fraction of sp³-hybridized carbons (Fsp3) is 1.00. The minimum atomic E-state index is 0.344. The van der Waals surface area contributed by atoms with Gasteiger partial charge in [-0.2, -0.15) is 0 Å². The molecule has 0 saturated carbocycles. The Morgan fingerprint density at radius 2 is 2.08 bits per heavy atom. The molecule has 13 heavy (non-hydrogen) atoms. The maximum absolute atomic E-state index is 5.66. The molecule has 1 saturated heterocycles. The molecule has 1 atom stereocenters. The maximum atomic E-state index is 5.66. The topological polar surface area (TPSA) is 12.5 Å². The number of hydrogen-bond donors (Lipinski definition) is 0. The molecule has 1 aliphatic heterocycles. The molecule has 0 aromatic carbocycles. The van der Waals surface area contributed by atoms with E-state index in [1.165, 1.54) is 6.42 Å². The Balaban J connectivity index is 2.50. The third-order valence-corrected chi connectivity index (χ3v) is 3.32. The molecular weight excluding hydrogens is 162 g/mol. The highest BCUT2D eigenvalue weighted by Crippen LogP contribution is 2.22. The summed E-state index contributed by atoms with van der Waals surface area (Å²) in [6.07, 6.45) is 2.80. The van der Waals surface area contributed by atoms with E-state index < -0.39 is 0 Å². The summed E-state index contributed by atoms with van der Waals surface area (Å²) in [5.41, 5.74) is 0.344.